The first-order valence-corrected chi connectivity index (χ1v) is 11.4. The number of rotatable bonds is 7. The number of amides is 1. The number of carbonyl (C=O) groups excluding carboxylic acids is 2. The molecule has 2 aromatic carbocycles. The monoisotopic (exact) mass is 465 g/mol. The first-order chi connectivity index (χ1) is 16.4. The Morgan fingerprint density at radius 2 is 1.91 bits per heavy atom. The number of hydrogen-bond acceptors (Lipinski definition) is 4. The van der Waals surface area contributed by atoms with Crippen LogP contribution >= 0.6 is 0 Å². The van der Waals surface area contributed by atoms with Gasteiger partial charge in [0.25, 0.3) is 0 Å². The fourth-order valence-corrected chi connectivity index (χ4v) is 4.70. The summed E-state index contributed by atoms with van der Waals surface area (Å²) in [5.41, 5.74) is 2.92. The van der Waals surface area contributed by atoms with Crippen LogP contribution in [0.2, 0.25) is 0 Å². The zero-order chi connectivity index (χ0) is 23.9. The first kappa shape index (κ1) is 22.3. The van der Waals surface area contributed by atoms with E-state index in [0.717, 1.165) is 30.0 Å². The number of halogens is 2. The molecule has 6 nitrogen and oxygen atoms in total. The van der Waals surface area contributed by atoms with Crippen LogP contribution in [-0.2, 0) is 11.2 Å². The summed E-state index contributed by atoms with van der Waals surface area (Å²) >= 11 is 0. The van der Waals surface area contributed by atoms with Gasteiger partial charge in [-0.1, -0.05) is 18.2 Å². The third kappa shape index (κ3) is 4.20. The van der Waals surface area contributed by atoms with E-state index in [4.69, 9.17) is 0 Å². The molecule has 0 spiro atoms. The van der Waals surface area contributed by atoms with Gasteiger partial charge in [-0.25, -0.2) is 4.98 Å². The Bertz CT molecular complexity index is 1230. The number of hydrogen-bond donors (Lipinski definition) is 1. The van der Waals surface area contributed by atoms with Gasteiger partial charge >= 0.3 is 6.61 Å². The highest BCUT2D eigenvalue weighted by Gasteiger charge is 2.51. The molecule has 1 atom stereocenters. The van der Waals surface area contributed by atoms with E-state index in [1.165, 1.54) is 29.8 Å². The zero-order valence-corrected chi connectivity index (χ0v) is 18.8. The fraction of sp³-hybridized carbons (Fsp3) is 0.346. The Kier molecular flexibility index (Phi) is 5.67. The number of benzene rings is 2. The van der Waals surface area contributed by atoms with Crippen LogP contribution in [0.4, 0.5) is 8.78 Å². The van der Waals surface area contributed by atoms with Crippen molar-refractivity contribution in [2.24, 2.45) is 5.41 Å². The molecule has 1 saturated carbocycles. The molecule has 5 rings (SSSR count). The smallest absolute Gasteiger partial charge is 0.387 e. The molecule has 2 heterocycles. The molecule has 1 N–H and O–H groups in total. The van der Waals surface area contributed by atoms with Gasteiger partial charge in [-0.3, -0.25) is 14.2 Å². The predicted molar refractivity (Wildman–Crippen MR) is 121 cm³/mol. The van der Waals surface area contributed by atoms with Crippen LogP contribution in [-0.4, -0.2) is 27.9 Å². The van der Waals surface area contributed by atoms with Gasteiger partial charge in [0.15, 0.2) is 5.78 Å². The number of nitrogens with one attached hydrogen (secondary N) is 1. The Labute approximate surface area is 196 Å². The fourth-order valence-electron chi connectivity index (χ4n) is 4.70. The van der Waals surface area contributed by atoms with Crippen molar-refractivity contribution in [3.05, 3.63) is 77.4 Å². The third-order valence-corrected chi connectivity index (χ3v) is 6.75. The average Bonchev–Trinajstić information content (AvgIpc) is 3.53. The van der Waals surface area contributed by atoms with E-state index in [1.54, 1.807) is 0 Å². The number of aromatic nitrogens is 2. The number of nitrogens with zero attached hydrogens (tertiary/aromatic N) is 2. The van der Waals surface area contributed by atoms with E-state index >= 15 is 0 Å². The standard InChI is InChI=1S/C26H25F2N3O3/c1-16-15-29-23-20(11-8-17-4-2-3-5-21(17)31(16)23)30-24(33)26(12-13-26)14-22(32)18-6-9-19(10-7-18)34-25(27)28/h2-7,9-10,15,20,25H,8,11-14H2,1H3,(H,30,33). The van der Waals surface area contributed by atoms with E-state index in [-0.39, 0.29) is 29.9 Å². The molecule has 0 saturated heterocycles. The van der Waals surface area contributed by atoms with E-state index < -0.39 is 12.0 Å². The molecule has 34 heavy (non-hydrogen) atoms. The number of alkyl halides is 2. The molecule has 0 bridgehead atoms. The maximum atomic E-state index is 13.3. The summed E-state index contributed by atoms with van der Waals surface area (Å²) in [6, 6.07) is 13.5. The molecule has 1 aromatic heterocycles. The summed E-state index contributed by atoms with van der Waals surface area (Å²) in [6.45, 7) is -0.924. The second-order valence-corrected chi connectivity index (χ2v) is 9.07. The highest BCUT2D eigenvalue weighted by Crippen LogP contribution is 2.50. The molecule has 1 unspecified atom stereocenters. The quantitative estimate of drug-likeness (QED) is 0.502. The van der Waals surface area contributed by atoms with Crippen molar-refractivity contribution in [1.29, 1.82) is 0 Å². The van der Waals surface area contributed by atoms with Crippen molar-refractivity contribution in [3.8, 4) is 11.4 Å². The lowest BCUT2D eigenvalue weighted by atomic mass is 9.94. The maximum absolute atomic E-state index is 13.3. The van der Waals surface area contributed by atoms with Crippen molar-refractivity contribution >= 4 is 11.7 Å². The minimum Gasteiger partial charge on any atom is -0.435 e. The second kappa shape index (κ2) is 8.66. The number of Topliss-reactive ketones (excluding diaryl/α,β-unsaturated/α-hetero) is 1. The Morgan fingerprint density at radius 3 is 2.62 bits per heavy atom. The number of para-hydroxylation sites is 1. The van der Waals surface area contributed by atoms with Crippen LogP contribution in [0.5, 0.6) is 5.75 Å². The lowest BCUT2D eigenvalue weighted by Gasteiger charge is -2.21. The number of aryl methyl sites for hydroxylation is 2. The lowest BCUT2D eigenvalue weighted by Crippen LogP contribution is -2.37. The topological polar surface area (TPSA) is 73.2 Å². The third-order valence-electron chi connectivity index (χ3n) is 6.75. The number of ketones is 1. The summed E-state index contributed by atoms with van der Waals surface area (Å²) in [4.78, 5) is 30.8. The van der Waals surface area contributed by atoms with Gasteiger partial charge in [-0.05, 0) is 68.5 Å². The largest absolute Gasteiger partial charge is 0.435 e. The number of carbonyl (C=O) groups is 2. The first-order valence-electron chi connectivity index (χ1n) is 11.4. The van der Waals surface area contributed by atoms with Crippen LogP contribution in [0, 0.1) is 12.3 Å². The summed E-state index contributed by atoms with van der Waals surface area (Å²) in [5, 5.41) is 3.18. The normalized spacial score (nSPS) is 17.9. The van der Waals surface area contributed by atoms with Gasteiger partial charge in [-0.2, -0.15) is 8.78 Å². The lowest BCUT2D eigenvalue weighted by molar-refractivity contribution is -0.127. The molecular formula is C26H25F2N3O3. The van der Waals surface area contributed by atoms with E-state index in [1.807, 2.05) is 25.3 Å². The van der Waals surface area contributed by atoms with Crippen molar-refractivity contribution in [2.45, 2.75) is 51.7 Å². The summed E-state index contributed by atoms with van der Waals surface area (Å²) in [6.07, 6.45) is 4.69. The highest BCUT2D eigenvalue weighted by molar-refractivity contribution is 6.00. The van der Waals surface area contributed by atoms with Crippen LogP contribution in [0.15, 0.2) is 54.7 Å². The van der Waals surface area contributed by atoms with E-state index in [0.29, 0.717) is 18.4 Å². The molecule has 1 amide bonds. The predicted octanol–water partition coefficient (Wildman–Crippen LogP) is 4.94. The van der Waals surface area contributed by atoms with Crippen LogP contribution in [0.25, 0.3) is 5.69 Å². The summed E-state index contributed by atoms with van der Waals surface area (Å²) < 4.78 is 31.1. The van der Waals surface area contributed by atoms with E-state index in [2.05, 4.69) is 31.7 Å². The van der Waals surface area contributed by atoms with Crippen molar-refractivity contribution in [2.75, 3.05) is 0 Å². The van der Waals surface area contributed by atoms with Crippen molar-refractivity contribution in [3.63, 3.8) is 0 Å². The van der Waals surface area contributed by atoms with Crippen LogP contribution in [0.3, 0.4) is 0 Å². The molecule has 1 fully saturated rings. The molecule has 3 aromatic rings. The molecule has 176 valence electrons. The number of ether oxygens (including phenoxy) is 1. The molecular weight excluding hydrogens is 440 g/mol. The maximum Gasteiger partial charge on any atom is 0.387 e. The zero-order valence-electron chi connectivity index (χ0n) is 18.8. The number of fused-ring (bicyclic) bond motifs is 3. The molecule has 8 heteroatoms. The van der Waals surface area contributed by atoms with E-state index in [9.17, 15) is 18.4 Å². The van der Waals surface area contributed by atoms with Gasteiger partial charge in [0.05, 0.1) is 17.1 Å². The minimum absolute atomic E-state index is 0.00872. The Hall–Kier alpha value is -3.55. The van der Waals surface area contributed by atoms with Crippen molar-refractivity contribution in [1.82, 2.24) is 14.9 Å². The summed E-state index contributed by atoms with van der Waals surface area (Å²) in [5.74, 6) is 0.460. The van der Waals surface area contributed by atoms with Gasteiger partial charge in [0.2, 0.25) is 5.91 Å². The Balaban J connectivity index is 1.30. The second-order valence-electron chi connectivity index (χ2n) is 9.07. The van der Waals surface area contributed by atoms with Crippen molar-refractivity contribution < 1.29 is 23.1 Å². The Morgan fingerprint density at radius 1 is 1.18 bits per heavy atom. The highest BCUT2D eigenvalue weighted by atomic mass is 19.3. The minimum atomic E-state index is -2.92. The SMILES string of the molecule is Cc1cnc2n1-c1ccccc1CCC2NC(=O)C1(CC(=O)c2ccc(OC(F)F)cc2)CC1. The van der Waals surface area contributed by atoms with Crippen LogP contribution in [0.1, 0.15) is 59.2 Å². The van der Waals surface area contributed by atoms with Gasteiger partial charge in [0, 0.05) is 23.9 Å². The number of imidazole rings is 1. The average molecular weight is 466 g/mol. The van der Waals surface area contributed by atoms with Crippen LogP contribution < -0.4 is 10.1 Å². The summed E-state index contributed by atoms with van der Waals surface area (Å²) in [7, 11) is 0. The van der Waals surface area contributed by atoms with Gasteiger partial charge in [-0.15, -0.1) is 0 Å². The van der Waals surface area contributed by atoms with Gasteiger partial charge < -0.3 is 10.1 Å². The molecule has 1 aliphatic carbocycles. The molecule has 1 aliphatic heterocycles. The molecule has 2 aliphatic rings. The van der Waals surface area contributed by atoms with Gasteiger partial charge in [0.1, 0.15) is 11.6 Å². The molecule has 0 radical (unpaired) electrons.